The smallest absolute Gasteiger partial charge is 0.255 e. The number of anilines is 3. The van der Waals surface area contributed by atoms with Crippen LogP contribution in [-0.4, -0.2) is 32.0 Å². The van der Waals surface area contributed by atoms with Gasteiger partial charge in [0.2, 0.25) is 5.91 Å². The molecule has 0 aliphatic carbocycles. The Morgan fingerprint density at radius 1 is 1.04 bits per heavy atom. The first-order valence-corrected chi connectivity index (χ1v) is 9.60. The Balaban J connectivity index is 2.15. The normalized spacial score (nSPS) is 10.3. The maximum absolute atomic E-state index is 12.7. The van der Waals surface area contributed by atoms with Crippen LogP contribution in [0.25, 0.3) is 0 Å². The number of carbonyl (C=O) groups is 2. The van der Waals surface area contributed by atoms with E-state index in [-0.39, 0.29) is 11.8 Å². The molecule has 2 aromatic rings. The van der Waals surface area contributed by atoms with Crippen molar-refractivity contribution in [2.45, 2.75) is 33.6 Å². The Morgan fingerprint density at radius 3 is 2.32 bits per heavy atom. The van der Waals surface area contributed by atoms with E-state index in [1.807, 2.05) is 24.3 Å². The summed E-state index contributed by atoms with van der Waals surface area (Å²) in [6.07, 6.45) is 2.29. The van der Waals surface area contributed by atoms with Gasteiger partial charge < -0.3 is 20.3 Å². The third kappa shape index (κ3) is 5.74. The Kier molecular flexibility index (Phi) is 7.87. The average Bonchev–Trinajstić information content (AvgIpc) is 2.69. The van der Waals surface area contributed by atoms with Gasteiger partial charge in [-0.3, -0.25) is 9.59 Å². The summed E-state index contributed by atoms with van der Waals surface area (Å²) < 4.78 is 5.31. The number of amides is 2. The lowest BCUT2D eigenvalue weighted by atomic mass is 10.1. The largest absolute Gasteiger partial charge is 0.495 e. The second-order valence-corrected chi connectivity index (χ2v) is 6.53. The molecule has 0 bridgehead atoms. The van der Waals surface area contributed by atoms with Crippen molar-refractivity contribution in [3.8, 4) is 5.75 Å². The second kappa shape index (κ2) is 10.3. The minimum atomic E-state index is -0.235. The summed E-state index contributed by atoms with van der Waals surface area (Å²) >= 11 is 0. The predicted octanol–water partition coefficient (Wildman–Crippen LogP) is 4.53. The highest BCUT2D eigenvalue weighted by Gasteiger charge is 2.12. The van der Waals surface area contributed by atoms with E-state index < -0.39 is 0 Å². The first-order chi connectivity index (χ1) is 13.5. The van der Waals surface area contributed by atoms with Crippen LogP contribution in [0.1, 0.15) is 44.0 Å². The lowest BCUT2D eigenvalue weighted by molar-refractivity contribution is -0.114. The highest BCUT2D eigenvalue weighted by atomic mass is 16.5. The van der Waals surface area contributed by atoms with Crippen molar-refractivity contribution in [1.29, 1.82) is 0 Å². The standard InChI is InChI=1S/C22H29N3O3/c1-5-7-14-25(6-2)19-11-8-17(9-12-19)22(27)24-20-15-18(23-16(3)26)10-13-21(20)28-4/h8-13,15H,5-7,14H2,1-4H3,(H,23,26)(H,24,27). The van der Waals surface area contributed by atoms with Crippen LogP contribution in [0.4, 0.5) is 17.1 Å². The van der Waals surface area contributed by atoms with Crippen molar-refractivity contribution in [2.24, 2.45) is 0 Å². The van der Waals surface area contributed by atoms with Crippen molar-refractivity contribution in [1.82, 2.24) is 0 Å². The molecule has 2 amide bonds. The average molecular weight is 383 g/mol. The van der Waals surface area contributed by atoms with Crippen LogP contribution in [0.3, 0.4) is 0 Å². The predicted molar refractivity (Wildman–Crippen MR) is 114 cm³/mol. The van der Waals surface area contributed by atoms with Crippen molar-refractivity contribution in [3.05, 3.63) is 48.0 Å². The third-order valence-electron chi connectivity index (χ3n) is 4.43. The molecule has 6 heteroatoms. The fourth-order valence-electron chi connectivity index (χ4n) is 2.92. The first kappa shape index (κ1) is 21.3. The van der Waals surface area contributed by atoms with Gasteiger partial charge in [0.05, 0.1) is 12.8 Å². The van der Waals surface area contributed by atoms with Gasteiger partial charge in [-0.25, -0.2) is 0 Å². The zero-order valence-corrected chi connectivity index (χ0v) is 17.0. The number of ether oxygens (including phenoxy) is 1. The molecule has 6 nitrogen and oxygen atoms in total. The summed E-state index contributed by atoms with van der Waals surface area (Å²) in [4.78, 5) is 26.2. The van der Waals surface area contributed by atoms with Gasteiger partial charge in [-0.15, -0.1) is 0 Å². The topological polar surface area (TPSA) is 70.7 Å². The van der Waals surface area contributed by atoms with Crippen LogP contribution in [0.2, 0.25) is 0 Å². The van der Waals surface area contributed by atoms with E-state index in [4.69, 9.17) is 4.74 Å². The molecule has 2 aromatic carbocycles. The molecule has 0 fully saturated rings. The van der Waals surface area contributed by atoms with Crippen LogP contribution < -0.4 is 20.3 Å². The number of unbranched alkanes of at least 4 members (excludes halogenated alkanes) is 1. The van der Waals surface area contributed by atoms with E-state index in [0.29, 0.717) is 22.7 Å². The molecule has 28 heavy (non-hydrogen) atoms. The molecule has 0 spiro atoms. The molecule has 2 rings (SSSR count). The minimum Gasteiger partial charge on any atom is -0.495 e. The fourth-order valence-corrected chi connectivity index (χ4v) is 2.92. The third-order valence-corrected chi connectivity index (χ3v) is 4.43. The van der Waals surface area contributed by atoms with E-state index in [0.717, 1.165) is 31.6 Å². The summed E-state index contributed by atoms with van der Waals surface area (Å²) in [6, 6.07) is 12.7. The molecule has 0 heterocycles. The molecule has 0 aliphatic heterocycles. The van der Waals surface area contributed by atoms with Crippen LogP contribution >= 0.6 is 0 Å². The van der Waals surface area contributed by atoms with Gasteiger partial charge in [0, 0.05) is 37.0 Å². The zero-order valence-electron chi connectivity index (χ0n) is 17.0. The Hall–Kier alpha value is -3.02. The van der Waals surface area contributed by atoms with Gasteiger partial charge in [-0.05, 0) is 55.8 Å². The van der Waals surface area contributed by atoms with E-state index in [9.17, 15) is 9.59 Å². The van der Waals surface area contributed by atoms with Crippen molar-refractivity contribution >= 4 is 28.9 Å². The number of benzene rings is 2. The summed E-state index contributed by atoms with van der Waals surface area (Å²) in [6.45, 7) is 7.68. The number of nitrogens with one attached hydrogen (secondary N) is 2. The highest BCUT2D eigenvalue weighted by molar-refractivity contribution is 6.05. The fraction of sp³-hybridized carbons (Fsp3) is 0.364. The number of rotatable bonds is 9. The molecule has 0 unspecified atom stereocenters. The van der Waals surface area contributed by atoms with E-state index >= 15 is 0 Å². The molecule has 0 saturated carbocycles. The molecule has 2 N–H and O–H groups in total. The quantitative estimate of drug-likeness (QED) is 0.667. The maximum Gasteiger partial charge on any atom is 0.255 e. The lowest BCUT2D eigenvalue weighted by Crippen LogP contribution is -2.23. The Labute approximate surface area is 166 Å². The summed E-state index contributed by atoms with van der Waals surface area (Å²) in [7, 11) is 1.54. The zero-order chi connectivity index (χ0) is 20.5. The summed E-state index contributed by atoms with van der Waals surface area (Å²) in [5.74, 6) is 0.110. The Bertz CT molecular complexity index is 803. The maximum atomic E-state index is 12.7. The first-order valence-electron chi connectivity index (χ1n) is 9.60. The lowest BCUT2D eigenvalue weighted by Gasteiger charge is -2.23. The number of hydrogen-bond donors (Lipinski definition) is 2. The van der Waals surface area contributed by atoms with Crippen LogP contribution in [0, 0.1) is 0 Å². The molecule has 0 aromatic heterocycles. The highest BCUT2D eigenvalue weighted by Crippen LogP contribution is 2.28. The van der Waals surface area contributed by atoms with E-state index in [2.05, 4.69) is 29.4 Å². The van der Waals surface area contributed by atoms with Gasteiger partial charge in [0.25, 0.3) is 5.91 Å². The van der Waals surface area contributed by atoms with Gasteiger partial charge in [-0.1, -0.05) is 13.3 Å². The number of hydrogen-bond acceptors (Lipinski definition) is 4. The van der Waals surface area contributed by atoms with E-state index in [1.165, 1.54) is 14.0 Å². The van der Waals surface area contributed by atoms with E-state index in [1.54, 1.807) is 18.2 Å². The SMILES string of the molecule is CCCCN(CC)c1ccc(C(=O)Nc2cc(NC(C)=O)ccc2OC)cc1. The molecule has 0 aliphatic rings. The van der Waals surface area contributed by atoms with Crippen LogP contribution in [0.5, 0.6) is 5.75 Å². The Morgan fingerprint density at radius 2 is 1.75 bits per heavy atom. The molecule has 150 valence electrons. The number of carbonyl (C=O) groups excluding carboxylic acids is 2. The second-order valence-electron chi connectivity index (χ2n) is 6.53. The summed E-state index contributed by atoms with van der Waals surface area (Å²) in [5.41, 5.74) is 2.76. The van der Waals surface area contributed by atoms with Gasteiger partial charge >= 0.3 is 0 Å². The van der Waals surface area contributed by atoms with Gasteiger partial charge in [0.15, 0.2) is 0 Å². The molecule has 0 radical (unpaired) electrons. The monoisotopic (exact) mass is 383 g/mol. The van der Waals surface area contributed by atoms with Crippen molar-refractivity contribution in [3.63, 3.8) is 0 Å². The molecule has 0 saturated heterocycles. The van der Waals surface area contributed by atoms with Crippen LogP contribution in [-0.2, 0) is 4.79 Å². The molecular formula is C22H29N3O3. The number of methoxy groups -OCH3 is 1. The molecule has 0 atom stereocenters. The van der Waals surface area contributed by atoms with Crippen LogP contribution in [0.15, 0.2) is 42.5 Å². The van der Waals surface area contributed by atoms with Gasteiger partial charge in [-0.2, -0.15) is 0 Å². The minimum absolute atomic E-state index is 0.179. The van der Waals surface area contributed by atoms with Crippen molar-refractivity contribution in [2.75, 3.05) is 35.7 Å². The van der Waals surface area contributed by atoms with Crippen molar-refractivity contribution < 1.29 is 14.3 Å². The number of nitrogens with zero attached hydrogens (tertiary/aromatic N) is 1. The summed E-state index contributed by atoms with van der Waals surface area (Å²) in [5, 5.41) is 5.56. The molecular weight excluding hydrogens is 354 g/mol. The van der Waals surface area contributed by atoms with Gasteiger partial charge in [0.1, 0.15) is 5.75 Å².